The van der Waals surface area contributed by atoms with Gasteiger partial charge in [0.2, 0.25) is 0 Å². The number of phosphoric ester groups is 1. The molecule has 0 bridgehead atoms. The third kappa shape index (κ3) is 4.00. The van der Waals surface area contributed by atoms with Crippen molar-refractivity contribution in [3.8, 4) is 5.75 Å². The lowest BCUT2D eigenvalue weighted by Gasteiger charge is -2.21. The van der Waals surface area contributed by atoms with Crippen LogP contribution in [-0.2, 0) is 13.8 Å². The topological polar surface area (TPSA) is 65.0 Å². The molecular weight excluding hydrogens is 301 g/mol. The van der Waals surface area contributed by atoms with Crippen LogP contribution in [0.2, 0.25) is 5.02 Å². The average molecular weight is 316 g/mol. The van der Waals surface area contributed by atoms with E-state index in [1.165, 1.54) is 6.07 Å². The molecule has 2 rings (SSSR count). The summed E-state index contributed by atoms with van der Waals surface area (Å²) in [6, 6.07) is 5.88. The highest BCUT2D eigenvalue weighted by atomic mass is 35.5. The summed E-state index contributed by atoms with van der Waals surface area (Å²) in [7, 11) is 1.36. The first-order valence-corrected chi connectivity index (χ1v) is 8.15. The molecule has 4 atom stereocenters. The Balaban J connectivity index is 2.04. The summed E-state index contributed by atoms with van der Waals surface area (Å²) in [6.07, 6.45) is 0.0768. The van der Waals surface area contributed by atoms with Gasteiger partial charge in [-0.15, -0.1) is 0 Å². The standard InChI is InChI=1S/C12H15BClO5P/c1-2-9-11(7-12(13)17-9)19-20(15,16)18-10-6-4-3-5-8(10)14/h3-6,9,11-12H,2,7H2,1H3,(H,15,16)/t9-,11+,12-/m1/s1. The minimum absolute atomic E-state index is 0.0938. The Bertz CT molecular complexity index is 514. The van der Waals surface area contributed by atoms with Crippen molar-refractivity contribution in [3.63, 3.8) is 0 Å². The van der Waals surface area contributed by atoms with Gasteiger partial charge in [-0.05, 0) is 25.0 Å². The third-order valence-corrected chi connectivity index (χ3v) is 4.23. The molecule has 1 aromatic carbocycles. The smallest absolute Gasteiger partial charge is 0.403 e. The molecule has 1 aliphatic rings. The molecule has 1 heterocycles. The van der Waals surface area contributed by atoms with Gasteiger partial charge >= 0.3 is 7.82 Å². The number of para-hydroxylation sites is 1. The summed E-state index contributed by atoms with van der Waals surface area (Å²) < 4.78 is 27.5. The van der Waals surface area contributed by atoms with Gasteiger partial charge in [0.15, 0.2) is 0 Å². The fourth-order valence-corrected chi connectivity index (χ4v) is 3.30. The van der Waals surface area contributed by atoms with E-state index in [4.69, 9.17) is 33.2 Å². The molecule has 1 unspecified atom stereocenters. The molecule has 5 nitrogen and oxygen atoms in total. The largest absolute Gasteiger partial charge is 0.527 e. The Kier molecular flexibility index (Phi) is 5.16. The van der Waals surface area contributed by atoms with E-state index in [0.717, 1.165) is 0 Å². The molecule has 108 valence electrons. The first-order chi connectivity index (χ1) is 9.41. The number of hydrogen-bond acceptors (Lipinski definition) is 4. The van der Waals surface area contributed by atoms with E-state index in [1.54, 1.807) is 18.2 Å². The SMILES string of the molecule is [B][C@H]1C[C@H](OP(=O)(O)Oc2ccccc2Cl)[C@@H](CC)O1. The fraction of sp³-hybridized carbons (Fsp3) is 0.500. The monoisotopic (exact) mass is 316 g/mol. The maximum atomic E-state index is 12.0. The van der Waals surface area contributed by atoms with E-state index in [-0.39, 0.29) is 16.9 Å². The van der Waals surface area contributed by atoms with Gasteiger partial charge in [-0.3, -0.25) is 9.42 Å². The second kappa shape index (κ2) is 6.50. The zero-order chi connectivity index (χ0) is 14.8. The molecule has 1 saturated heterocycles. The van der Waals surface area contributed by atoms with Crippen LogP contribution in [0.25, 0.3) is 0 Å². The molecule has 0 saturated carbocycles. The predicted molar refractivity (Wildman–Crippen MR) is 76.1 cm³/mol. The van der Waals surface area contributed by atoms with Crippen molar-refractivity contribution < 1.29 is 23.2 Å². The highest BCUT2D eigenvalue weighted by molar-refractivity contribution is 7.47. The van der Waals surface area contributed by atoms with Gasteiger partial charge in [-0.25, -0.2) is 4.57 Å². The van der Waals surface area contributed by atoms with Gasteiger partial charge in [0.05, 0.1) is 17.2 Å². The molecule has 2 radical (unpaired) electrons. The zero-order valence-electron chi connectivity index (χ0n) is 10.9. The maximum Gasteiger partial charge on any atom is 0.527 e. The lowest BCUT2D eigenvalue weighted by Crippen LogP contribution is -2.23. The van der Waals surface area contributed by atoms with Crippen LogP contribution in [0.3, 0.4) is 0 Å². The highest BCUT2D eigenvalue weighted by Gasteiger charge is 2.38. The Labute approximate surface area is 124 Å². The van der Waals surface area contributed by atoms with E-state index in [2.05, 4.69) is 0 Å². The van der Waals surface area contributed by atoms with Gasteiger partial charge in [-0.2, -0.15) is 0 Å². The Morgan fingerprint density at radius 2 is 2.25 bits per heavy atom. The first kappa shape index (κ1) is 15.9. The lowest BCUT2D eigenvalue weighted by atomic mass is 9.96. The fourth-order valence-electron chi connectivity index (χ4n) is 2.05. The van der Waals surface area contributed by atoms with Crippen LogP contribution in [0.15, 0.2) is 24.3 Å². The molecule has 0 amide bonds. The van der Waals surface area contributed by atoms with Crippen molar-refractivity contribution in [2.24, 2.45) is 0 Å². The predicted octanol–water partition coefficient (Wildman–Crippen LogP) is 2.90. The Morgan fingerprint density at radius 1 is 1.55 bits per heavy atom. The minimum atomic E-state index is -4.29. The van der Waals surface area contributed by atoms with Crippen LogP contribution in [0.1, 0.15) is 19.8 Å². The molecule has 0 spiro atoms. The van der Waals surface area contributed by atoms with Crippen molar-refractivity contribution in [1.29, 1.82) is 0 Å². The van der Waals surface area contributed by atoms with Crippen molar-refractivity contribution >= 4 is 27.3 Å². The molecule has 8 heteroatoms. The van der Waals surface area contributed by atoms with E-state index in [1.807, 2.05) is 6.92 Å². The van der Waals surface area contributed by atoms with Crippen LogP contribution in [0.4, 0.5) is 0 Å². The van der Waals surface area contributed by atoms with Gasteiger partial charge in [0.25, 0.3) is 0 Å². The molecular formula is C12H15BClO5P. The van der Waals surface area contributed by atoms with E-state index >= 15 is 0 Å². The number of ether oxygens (including phenoxy) is 1. The Morgan fingerprint density at radius 3 is 2.90 bits per heavy atom. The molecule has 20 heavy (non-hydrogen) atoms. The molecule has 1 aromatic rings. The summed E-state index contributed by atoms with van der Waals surface area (Å²) in [4.78, 5) is 9.81. The molecule has 1 N–H and O–H groups in total. The van der Waals surface area contributed by atoms with Crippen LogP contribution in [0, 0.1) is 0 Å². The minimum Gasteiger partial charge on any atom is -0.403 e. The lowest BCUT2D eigenvalue weighted by molar-refractivity contribution is 0.0292. The summed E-state index contributed by atoms with van der Waals surface area (Å²) in [6.45, 7) is 1.89. The number of phosphoric acid groups is 1. The number of rotatable bonds is 5. The third-order valence-electron chi connectivity index (χ3n) is 2.95. The van der Waals surface area contributed by atoms with Crippen molar-refractivity contribution in [3.05, 3.63) is 29.3 Å². The number of halogens is 1. The maximum absolute atomic E-state index is 12.0. The van der Waals surface area contributed by atoms with E-state index in [0.29, 0.717) is 12.8 Å². The number of hydrogen-bond donors (Lipinski definition) is 1. The molecule has 0 aliphatic carbocycles. The van der Waals surface area contributed by atoms with Gasteiger partial charge in [0.1, 0.15) is 13.6 Å². The van der Waals surface area contributed by atoms with Gasteiger partial charge in [0, 0.05) is 6.00 Å². The zero-order valence-corrected chi connectivity index (χ0v) is 12.6. The van der Waals surface area contributed by atoms with Crippen LogP contribution < -0.4 is 4.52 Å². The van der Waals surface area contributed by atoms with Crippen LogP contribution in [-0.4, -0.2) is 31.0 Å². The molecule has 1 aliphatic heterocycles. The second-order valence-corrected chi connectivity index (χ2v) is 6.23. The second-order valence-electron chi connectivity index (χ2n) is 4.49. The number of benzene rings is 1. The van der Waals surface area contributed by atoms with Gasteiger partial charge < -0.3 is 9.26 Å². The normalized spacial score (nSPS) is 29.1. The summed E-state index contributed by atoms with van der Waals surface area (Å²) in [5, 5.41) is 0.233. The summed E-state index contributed by atoms with van der Waals surface area (Å²) in [5.41, 5.74) is 0. The van der Waals surface area contributed by atoms with Crippen molar-refractivity contribution in [2.45, 2.75) is 38.0 Å². The molecule has 1 fully saturated rings. The quantitative estimate of drug-likeness (QED) is 0.668. The van der Waals surface area contributed by atoms with Crippen molar-refractivity contribution in [1.82, 2.24) is 0 Å². The average Bonchev–Trinajstić information content (AvgIpc) is 2.71. The van der Waals surface area contributed by atoms with Crippen molar-refractivity contribution in [2.75, 3.05) is 0 Å². The first-order valence-electron chi connectivity index (χ1n) is 6.27. The van der Waals surface area contributed by atoms with Crippen LogP contribution >= 0.6 is 19.4 Å². The highest BCUT2D eigenvalue weighted by Crippen LogP contribution is 2.48. The molecule has 0 aromatic heterocycles. The van der Waals surface area contributed by atoms with Gasteiger partial charge in [-0.1, -0.05) is 30.7 Å². The summed E-state index contributed by atoms with van der Waals surface area (Å²) >= 11 is 5.87. The summed E-state index contributed by atoms with van der Waals surface area (Å²) in [5.74, 6) is 0.0938. The van der Waals surface area contributed by atoms with Crippen LogP contribution in [0.5, 0.6) is 5.75 Å². The Hall–Kier alpha value is -0.515. The van der Waals surface area contributed by atoms with E-state index in [9.17, 15) is 9.46 Å². The van der Waals surface area contributed by atoms with E-state index < -0.39 is 19.9 Å².